The van der Waals surface area contributed by atoms with Crippen LogP contribution < -0.4 is 4.31 Å². The molecule has 1 heterocycles. The number of rotatable bonds is 6. The van der Waals surface area contributed by atoms with Gasteiger partial charge in [-0.2, -0.15) is 0 Å². The molecule has 7 heteroatoms. The molecule has 31 heavy (non-hydrogen) atoms. The number of carbonyl (C=O) groups is 2. The van der Waals surface area contributed by atoms with Gasteiger partial charge >= 0.3 is 5.97 Å². The lowest BCUT2D eigenvalue weighted by Gasteiger charge is -2.19. The first kappa shape index (κ1) is 20.8. The molecular formula is C24H21NO5S. The Balaban J connectivity index is 1.63. The molecule has 0 aliphatic carbocycles. The van der Waals surface area contributed by atoms with Crippen molar-refractivity contribution in [3.05, 3.63) is 102 Å². The number of hydrogen-bond acceptors (Lipinski definition) is 5. The smallest absolute Gasteiger partial charge is 0.339 e. The Labute approximate surface area is 181 Å². The van der Waals surface area contributed by atoms with Crippen molar-refractivity contribution >= 4 is 27.5 Å². The van der Waals surface area contributed by atoms with E-state index in [4.69, 9.17) is 4.74 Å². The number of sulfonamides is 1. The normalized spacial score (nSPS) is 15.9. The minimum absolute atomic E-state index is 0.0866. The highest BCUT2D eigenvalue weighted by molar-refractivity contribution is 7.93. The zero-order chi connectivity index (χ0) is 21.8. The topological polar surface area (TPSA) is 80.8 Å². The molecule has 0 N–H and O–H groups in total. The molecule has 1 unspecified atom stereocenters. The molecule has 0 saturated carbocycles. The van der Waals surface area contributed by atoms with E-state index < -0.39 is 22.1 Å². The van der Waals surface area contributed by atoms with Gasteiger partial charge in [0, 0.05) is 17.7 Å². The highest BCUT2D eigenvalue weighted by Gasteiger charge is 2.30. The standard InChI is InChI=1S/C24H21NO5S/c26-22(18-9-3-1-4-10-18)23(19-11-5-2-6-12-19)30-24(27)20-13-7-14-21(17-20)25-15-8-16-31(25,28)29/h1-7,9-14,17,23H,8,15-16H2. The fraction of sp³-hybridized carbons (Fsp3) is 0.167. The highest BCUT2D eigenvalue weighted by atomic mass is 32.2. The van der Waals surface area contributed by atoms with E-state index in [1.54, 1.807) is 72.8 Å². The number of ketones is 1. The number of benzene rings is 3. The van der Waals surface area contributed by atoms with Crippen molar-refractivity contribution in [2.24, 2.45) is 0 Å². The van der Waals surface area contributed by atoms with Gasteiger partial charge in [-0.25, -0.2) is 13.2 Å². The fourth-order valence-corrected chi connectivity index (χ4v) is 5.10. The lowest BCUT2D eigenvalue weighted by Crippen LogP contribution is -2.25. The van der Waals surface area contributed by atoms with E-state index in [0.717, 1.165) is 0 Å². The summed E-state index contributed by atoms with van der Waals surface area (Å²) in [6, 6.07) is 23.7. The van der Waals surface area contributed by atoms with Crippen LogP contribution in [0, 0.1) is 0 Å². The molecule has 1 atom stereocenters. The van der Waals surface area contributed by atoms with E-state index >= 15 is 0 Å². The van der Waals surface area contributed by atoms with Gasteiger partial charge in [-0.1, -0.05) is 66.7 Å². The third-order valence-corrected chi connectivity index (χ3v) is 6.96. The number of hydrogen-bond donors (Lipinski definition) is 0. The minimum atomic E-state index is -3.37. The Hall–Kier alpha value is -3.45. The summed E-state index contributed by atoms with van der Waals surface area (Å²) in [4.78, 5) is 26.1. The third-order valence-electron chi connectivity index (χ3n) is 5.09. The number of carbonyl (C=O) groups excluding carboxylic acids is 2. The molecule has 158 valence electrons. The second-order valence-electron chi connectivity index (χ2n) is 7.22. The summed E-state index contributed by atoms with van der Waals surface area (Å²) in [5.41, 5.74) is 1.59. The Kier molecular flexibility index (Phi) is 5.86. The first-order valence-corrected chi connectivity index (χ1v) is 11.5. The van der Waals surface area contributed by atoms with Gasteiger partial charge in [-0.15, -0.1) is 0 Å². The maximum Gasteiger partial charge on any atom is 0.339 e. The van der Waals surface area contributed by atoms with Crippen LogP contribution in [0.5, 0.6) is 0 Å². The van der Waals surface area contributed by atoms with E-state index in [1.807, 2.05) is 6.07 Å². The van der Waals surface area contributed by atoms with E-state index in [1.165, 1.54) is 10.4 Å². The molecule has 0 aromatic heterocycles. The molecule has 6 nitrogen and oxygen atoms in total. The van der Waals surface area contributed by atoms with Gasteiger partial charge in [0.05, 0.1) is 17.0 Å². The molecule has 4 rings (SSSR count). The van der Waals surface area contributed by atoms with Crippen LogP contribution in [0.2, 0.25) is 0 Å². The van der Waals surface area contributed by atoms with Gasteiger partial charge in [-0.05, 0) is 24.6 Å². The molecular weight excluding hydrogens is 414 g/mol. The van der Waals surface area contributed by atoms with Crippen LogP contribution >= 0.6 is 0 Å². The maximum atomic E-state index is 13.1. The minimum Gasteiger partial charge on any atom is -0.445 e. The van der Waals surface area contributed by atoms with Crippen LogP contribution in [0.1, 0.15) is 38.8 Å². The van der Waals surface area contributed by atoms with Gasteiger partial charge in [-0.3, -0.25) is 9.10 Å². The lowest BCUT2D eigenvalue weighted by molar-refractivity contribution is 0.0280. The van der Waals surface area contributed by atoms with Gasteiger partial charge < -0.3 is 4.74 Å². The molecule has 1 aliphatic heterocycles. The van der Waals surface area contributed by atoms with Crippen LogP contribution in [0.3, 0.4) is 0 Å². The quantitative estimate of drug-likeness (QED) is 0.432. The van der Waals surface area contributed by atoms with Crippen molar-refractivity contribution in [1.29, 1.82) is 0 Å². The van der Waals surface area contributed by atoms with Crippen LogP contribution in [0.15, 0.2) is 84.9 Å². The molecule has 0 spiro atoms. The zero-order valence-electron chi connectivity index (χ0n) is 16.7. The molecule has 3 aromatic rings. The Morgan fingerprint density at radius 1 is 0.839 bits per heavy atom. The monoisotopic (exact) mass is 435 g/mol. The fourth-order valence-electron chi connectivity index (χ4n) is 3.55. The number of anilines is 1. The summed E-state index contributed by atoms with van der Waals surface area (Å²) >= 11 is 0. The molecule has 1 saturated heterocycles. The van der Waals surface area contributed by atoms with E-state index in [0.29, 0.717) is 29.8 Å². The first-order chi connectivity index (χ1) is 15.0. The average molecular weight is 436 g/mol. The van der Waals surface area contributed by atoms with Gasteiger partial charge in [0.1, 0.15) is 0 Å². The summed E-state index contributed by atoms with van der Waals surface area (Å²) in [5, 5.41) is 0. The second kappa shape index (κ2) is 8.73. The molecule has 1 fully saturated rings. The molecule has 0 amide bonds. The van der Waals surface area contributed by atoms with Crippen molar-refractivity contribution in [3.8, 4) is 0 Å². The summed E-state index contributed by atoms with van der Waals surface area (Å²) in [5.74, 6) is -0.946. The predicted octanol–water partition coefficient (Wildman–Crippen LogP) is 4.01. The maximum absolute atomic E-state index is 13.1. The third kappa shape index (κ3) is 4.51. The van der Waals surface area contributed by atoms with Crippen LogP contribution in [0.25, 0.3) is 0 Å². The summed E-state index contributed by atoms with van der Waals surface area (Å²) in [6.07, 6.45) is -0.575. The van der Waals surface area contributed by atoms with Crippen LogP contribution in [-0.2, 0) is 14.8 Å². The van der Waals surface area contributed by atoms with E-state index in [9.17, 15) is 18.0 Å². The molecule has 3 aromatic carbocycles. The summed E-state index contributed by atoms with van der Waals surface area (Å²) in [7, 11) is -3.37. The second-order valence-corrected chi connectivity index (χ2v) is 9.23. The van der Waals surface area contributed by atoms with Crippen LogP contribution in [0.4, 0.5) is 5.69 Å². The highest BCUT2D eigenvalue weighted by Crippen LogP contribution is 2.27. The lowest BCUT2D eigenvalue weighted by atomic mass is 9.99. The van der Waals surface area contributed by atoms with Crippen LogP contribution in [-0.4, -0.2) is 32.5 Å². The number of Topliss-reactive ketones (excluding diaryl/α,β-unsaturated/α-hetero) is 1. The van der Waals surface area contributed by atoms with Crippen molar-refractivity contribution in [2.45, 2.75) is 12.5 Å². The zero-order valence-corrected chi connectivity index (χ0v) is 17.5. The molecule has 0 bridgehead atoms. The Morgan fingerprint density at radius 2 is 1.48 bits per heavy atom. The van der Waals surface area contributed by atoms with Crippen molar-refractivity contribution in [2.75, 3.05) is 16.6 Å². The van der Waals surface area contributed by atoms with E-state index in [-0.39, 0.29) is 17.1 Å². The average Bonchev–Trinajstić information content (AvgIpc) is 3.17. The van der Waals surface area contributed by atoms with Gasteiger partial charge in [0.2, 0.25) is 15.8 Å². The summed E-state index contributed by atoms with van der Waals surface area (Å²) in [6.45, 7) is 0.375. The first-order valence-electron chi connectivity index (χ1n) is 9.91. The Morgan fingerprint density at radius 3 is 2.13 bits per heavy atom. The SMILES string of the molecule is O=C(OC(C(=O)c1ccccc1)c1ccccc1)c1cccc(N2CCCS2(=O)=O)c1. The van der Waals surface area contributed by atoms with Gasteiger partial charge in [0.25, 0.3) is 0 Å². The van der Waals surface area contributed by atoms with Crippen molar-refractivity contribution < 1.29 is 22.7 Å². The predicted molar refractivity (Wildman–Crippen MR) is 118 cm³/mol. The number of esters is 1. The van der Waals surface area contributed by atoms with Crippen molar-refractivity contribution in [3.63, 3.8) is 0 Å². The Bertz CT molecular complexity index is 1190. The summed E-state index contributed by atoms with van der Waals surface area (Å²) < 4.78 is 31.4. The number of ether oxygens (including phenoxy) is 1. The van der Waals surface area contributed by atoms with Gasteiger partial charge in [0.15, 0.2) is 6.10 Å². The van der Waals surface area contributed by atoms with Crippen molar-refractivity contribution in [1.82, 2.24) is 0 Å². The largest absolute Gasteiger partial charge is 0.445 e. The molecule has 1 aliphatic rings. The number of nitrogens with zero attached hydrogens (tertiary/aromatic N) is 1. The van der Waals surface area contributed by atoms with E-state index in [2.05, 4.69) is 0 Å². The molecule has 0 radical (unpaired) electrons.